The summed E-state index contributed by atoms with van der Waals surface area (Å²) in [5.41, 5.74) is 4.02. The molecule has 0 bridgehead atoms. The normalized spacial score (nSPS) is 13.8. The summed E-state index contributed by atoms with van der Waals surface area (Å²) < 4.78 is 5.90. The van der Waals surface area contributed by atoms with Gasteiger partial charge in [-0.2, -0.15) is 0 Å². The third-order valence-corrected chi connectivity index (χ3v) is 5.50. The van der Waals surface area contributed by atoms with Gasteiger partial charge in [-0.3, -0.25) is 9.59 Å². The zero-order valence-corrected chi connectivity index (χ0v) is 17.6. The van der Waals surface area contributed by atoms with Crippen molar-refractivity contribution >= 4 is 11.8 Å². The van der Waals surface area contributed by atoms with Crippen LogP contribution < -0.4 is 10.1 Å². The Morgan fingerprint density at radius 2 is 1.71 bits per heavy atom. The molecule has 0 spiro atoms. The average Bonchev–Trinajstić information content (AvgIpc) is 2.82. The maximum atomic E-state index is 12.9. The van der Waals surface area contributed by atoms with Crippen molar-refractivity contribution in [3.05, 3.63) is 101 Å². The SMILES string of the molecule is CC(Oc1cccc(C(=O)NCc2ccccc2)c1)C(=O)N1CCc2ccccc2C1. The lowest BCUT2D eigenvalue weighted by Gasteiger charge is -2.31. The molecule has 1 N–H and O–H groups in total. The highest BCUT2D eigenvalue weighted by molar-refractivity contribution is 5.94. The number of rotatable bonds is 6. The average molecular weight is 415 g/mol. The van der Waals surface area contributed by atoms with Crippen molar-refractivity contribution < 1.29 is 14.3 Å². The molecule has 5 heteroatoms. The monoisotopic (exact) mass is 414 g/mol. The Hall–Kier alpha value is -3.60. The lowest BCUT2D eigenvalue weighted by molar-refractivity contribution is -0.138. The second-order valence-corrected chi connectivity index (χ2v) is 7.73. The van der Waals surface area contributed by atoms with E-state index in [9.17, 15) is 9.59 Å². The van der Waals surface area contributed by atoms with Gasteiger partial charge in [-0.25, -0.2) is 0 Å². The molecule has 0 radical (unpaired) electrons. The van der Waals surface area contributed by atoms with Crippen molar-refractivity contribution in [1.82, 2.24) is 10.2 Å². The fourth-order valence-electron chi connectivity index (χ4n) is 3.79. The number of nitrogens with zero attached hydrogens (tertiary/aromatic N) is 1. The van der Waals surface area contributed by atoms with E-state index in [-0.39, 0.29) is 11.8 Å². The van der Waals surface area contributed by atoms with Gasteiger partial charge in [0.2, 0.25) is 0 Å². The minimum Gasteiger partial charge on any atom is -0.481 e. The molecule has 1 heterocycles. The summed E-state index contributed by atoms with van der Waals surface area (Å²) in [6.45, 7) is 3.50. The van der Waals surface area contributed by atoms with Crippen LogP contribution in [-0.2, 0) is 24.3 Å². The molecule has 1 aliphatic heterocycles. The van der Waals surface area contributed by atoms with Crippen LogP contribution in [0.2, 0.25) is 0 Å². The van der Waals surface area contributed by atoms with Crippen LogP contribution in [0.4, 0.5) is 0 Å². The highest BCUT2D eigenvalue weighted by Crippen LogP contribution is 2.21. The van der Waals surface area contributed by atoms with Crippen LogP contribution in [0, 0.1) is 0 Å². The number of carbonyl (C=O) groups is 2. The summed E-state index contributed by atoms with van der Waals surface area (Å²) in [6.07, 6.45) is 0.221. The van der Waals surface area contributed by atoms with E-state index in [1.165, 1.54) is 11.1 Å². The molecule has 0 fully saturated rings. The quantitative estimate of drug-likeness (QED) is 0.664. The lowest BCUT2D eigenvalue weighted by Crippen LogP contribution is -2.43. The number of benzene rings is 3. The van der Waals surface area contributed by atoms with E-state index in [1.54, 1.807) is 31.2 Å². The van der Waals surface area contributed by atoms with E-state index in [0.717, 1.165) is 12.0 Å². The fourth-order valence-corrected chi connectivity index (χ4v) is 3.79. The first-order valence-electron chi connectivity index (χ1n) is 10.5. The second kappa shape index (κ2) is 9.47. The summed E-state index contributed by atoms with van der Waals surface area (Å²) in [4.78, 5) is 27.3. The van der Waals surface area contributed by atoms with Gasteiger partial charge in [-0.15, -0.1) is 0 Å². The molecule has 5 nitrogen and oxygen atoms in total. The van der Waals surface area contributed by atoms with Crippen molar-refractivity contribution in [3.63, 3.8) is 0 Å². The predicted octanol–water partition coefficient (Wildman–Crippen LogP) is 3.97. The van der Waals surface area contributed by atoms with Crippen LogP contribution in [0.3, 0.4) is 0 Å². The molecular weight excluding hydrogens is 388 g/mol. The lowest BCUT2D eigenvalue weighted by atomic mass is 9.99. The molecule has 0 aromatic heterocycles. The fraction of sp³-hybridized carbons (Fsp3) is 0.231. The maximum Gasteiger partial charge on any atom is 0.263 e. The molecular formula is C26H26N2O3. The molecule has 2 amide bonds. The Balaban J connectivity index is 1.36. The second-order valence-electron chi connectivity index (χ2n) is 7.73. The van der Waals surface area contributed by atoms with E-state index in [4.69, 9.17) is 4.74 Å². The Morgan fingerprint density at radius 3 is 2.52 bits per heavy atom. The van der Waals surface area contributed by atoms with Gasteiger partial charge in [0, 0.05) is 25.2 Å². The first-order chi connectivity index (χ1) is 15.1. The van der Waals surface area contributed by atoms with Crippen molar-refractivity contribution in [2.24, 2.45) is 0 Å². The van der Waals surface area contributed by atoms with Crippen LogP contribution >= 0.6 is 0 Å². The van der Waals surface area contributed by atoms with Gasteiger partial charge in [0.15, 0.2) is 6.10 Å². The van der Waals surface area contributed by atoms with Crippen LogP contribution in [0.5, 0.6) is 5.75 Å². The van der Waals surface area contributed by atoms with Crippen LogP contribution in [0.25, 0.3) is 0 Å². The van der Waals surface area contributed by atoms with Gasteiger partial charge in [-0.1, -0.05) is 60.7 Å². The molecule has 1 unspecified atom stereocenters. The van der Waals surface area contributed by atoms with E-state index < -0.39 is 6.10 Å². The zero-order chi connectivity index (χ0) is 21.6. The number of hydrogen-bond acceptors (Lipinski definition) is 3. The summed E-state index contributed by atoms with van der Waals surface area (Å²) in [5, 5.41) is 2.91. The van der Waals surface area contributed by atoms with Crippen LogP contribution in [0.1, 0.15) is 34.0 Å². The molecule has 31 heavy (non-hydrogen) atoms. The van der Waals surface area contributed by atoms with E-state index in [0.29, 0.717) is 30.9 Å². The number of carbonyl (C=O) groups excluding carboxylic acids is 2. The molecule has 0 aliphatic carbocycles. The summed E-state index contributed by atoms with van der Waals surface area (Å²) in [5.74, 6) is 0.278. The highest BCUT2D eigenvalue weighted by atomic mass is 16.5. The number of amides is 2. The minimum atomic E-state index is -0.632. The molecule has 4 rings (SSSR count). The Bertz CT molecular complexity index is 1070. The van der Waals surface area contributed by atoms with Gasteiger partial charge in [-0.05, 0) is 48.2 Å². The standard InChI is InChI=1S/C26H26N2O3/c1-19(26(30)28-15-14-21-10-5-6-11-23(21)18-28)31-24-13-7-12-22(16-24)25(29)27-17-20-8-3-2-4-9-20/h2-13,16,19H,14-15,17-18H2,1H3,(H,27,29). The molecule has 3 aromatic rings. The third-order valence-electron chi connectivity index (χ3n) is 5.50. The maximum absolute atomic E-state index is 12.9. The summed E-state index contributed by atoms with van der Waals surface area (Å²) >= 11 is 0. The highest BCUT2D eigenvalue weighted by Gasteiger charge is 2.25. The smallest absolute Gasteiger partial charge is 0.263 e. The van der Waals surface area contributed by atoms with Crippen molar-refractivity contribution in [2.45, 2.75) is 32.5 Å². The number of ether oxygens (including phenoxy) is 1. The Kier molecular flexibility index (Phi) is 6.32. The minimum absolute atomic E-state index is 0.0477. The van der Waals surface area contributed by atoms with Gasteiger partial charge in [0.1, 0.15) is 5.75 Å². The largest absolute Gasteiger partial charge is 0.481 e. The molecule has 3 aromatic carbocycles. The molecule has 1 aliphatic rings. The van der Waals surface area contributed by atoms with Gasteiger partial charge < -0.3 is 15.0 Å². The van der Waals surface area contributed by atoms with Gasteiger partial charge >= 0.3 is 0 Å². The van der Waals surface area contributed by atoms with E-state index >= 15 is 0 Å². The van der Waals surface area contributed by atoms with Gasteiger partial charge in [0.05, 0.1) is 0 Å². The van der Waals surface area contributed by atoms with E-state index in [2.05, 4.69) is 17.4 Å². The Labute approximate surface area is 182 Å². The Morgan fingerprint density at radius 1 is 0.968 bits per heavy atom. The summed E-state index contributed by atoms with van der Waals surface area (Å²) in [6, 6.07) is 24.9. The zero-order valence-electron chi connectivity index (χ0n) is 17.6. The topological polar surface area (TPSA) is 58.6 Å². The number of nitrogens with one attached hydrogen (secondary N) is 1. The number of hydrogen-bond donors (Lipinski definition) is 1. The molecule has 158 valence electrons. The van der Waals surface area contributed by atoms with Crippen molar-refractivity contribution in [1.29, 1.82) is 0 Å². The molecule has 0 saturated heterocycles. The van der Waals surface area contributed by atoms with Crippen molar-refractivity contribution in [2.75, 3.05) is 6.54 Å². The first-order valence-corrected chi connectivity index (χ1v) is 10.5. The van der Waals surface area contributed by atoms with Gasteiger partial charge in [0.25, 0.3) is 11.8 Å². The number of fused-ring (bicyclic) bond motifs is 1. The first kappa shape index (κ1) is 20.7. The third kappa shape index (κ3) is 5.12. The summed E-state index contributed by atoms with van der Waals surface area (Å²) in [7, 11) is 0. The van der Waals surface area contributed by atoms with Crippen LogP contribution in [-0.4, -0.2) is 29.4 Å². The molecule has 0 saturated carbocycles. The predicted molar refractivity (Wildman–Crippen MR) is 120 cm³/mol. The van der Waals surface area contributed by atoms with Crippen LogP contribution in [0.15, 0.2) is 78.9 Å². The van der Waals surface area contributed by atoms with E-state index in [1.807, 2.05) is 47.4 Å². The molecule has 1 atom stereocenters. The van der Waals surface area contributed by atoms with Crippen molar-refractivity contribution in [3.8, 4) is 5.75 Å².